The number of aromatic nitrogens is 5. The average molecular weight is 473 g/mol. The highest BCUT2D eigenvalue weighted by molar-refractivity contribution is 9.10. The second-order valence-corrected chi connectivity index (χ2v) is 8.39. The number of carbonyl (C=O) groups excluding carboxylic acids is 1. The molecule has 1 aromatic carbocycles. The SMILES string of the molecule is O=C(c1cnn2c(Br)cccc12)N1CCc2[nH]cnc2[C@H]1c1cc2ccccc2cn1. The zero-order chi connectivity index (χ0) is 20.9. The summed E-state index contributed by atoms with van der Waals surface area (Å²) in [7, 11) is 0. The van der Waals surface area contributed by atoms with Gasteiger partial charge in [-0.25, -0.2) is 9.50 Å². The minimum Gasteiger partial charge on any atom is -0.348 e. The highest BCUT2D eigenvalue weighted by atomic mass is 79.9. The summed E-state index contributed by atoms with van der Waals surface area (Å²) < 4.78 is 2.52. The number of rotatable bonds is 2. The lowest BCUT2D eigenvalue weighted by Gasteiger charge is -2.34. The number of nitrogens with zero attached hydrogens (tertiary/aromatic N) is 5. The summed E-state index contributed by atoms with van der Waals surface area (Å²) in [4.78, 5) is 28.1. The zero-order valence-corrected chi connectivity index (χ0v) is 18.0. The Morgan fingerprint density at radius 3 is 2.84 bits per heavy atom. The van der Waals surface area contributed by atoms with Crippen LogP contribution in [0.1, 0.15) is 33.5 Å². The highest BCUT2D eigenvalue weighted by Gasteiger charge is 2.36. The maximum atomic E-state index is 13.8. The molecule has 0 fully saturated rings. The fourth-order valence-corrected chi connectivity index (χ4v) is 4.78. The van der Waals surface area contributed by atoms with E-state index in [0.717, 1.165) is 38.0 Å². The van der Waals surface area contributed by atoms with E-state index >= 15 is 0 Å². The molecule has 0 saturated heterocycles. The van der Waals surface area contributed by atoms with Gasteiger partial charge in [-0.1, -0.05) is 30.3 Å². The number of hydrogen-bond acceptors (Lipinski definition) is 4. The molecule has 1 aliphatic rings. The number of fused-ring (bicyclic) bond motifs is 3. The second kappa shape index (κ2) is 7.02. The van der Waals surface area contributed by atoms with E-state index in [-0.39, 0.29) is 11.9 Å². The van der Waals surface area contributed by atoms with Crippen molar-refractivity contribution in [2.75, 3.05) is 6.54 Å². The molecule has 1 amide bonds. The van der Waals surface area contributed by atoms with Crippen molar-refractivity contribution < 1.29 is 4.79 Å². The standard InChI is InChI=1S/C23H17BrN6O/c24-20-7-3-6-19-16(12-28-30(19)20)23(31)29-9-8-17-21(27-13-26-17)22(29)18-10-14-4-1-2-5-15(14)11-25-18/h1-7,10-13,22H,8-9H2,(H,26,27)/t22-/m1/s1. The molecule has 1 N–H and O–H groups in total. The summed E-state index contributed by atoms with van der Waals surface area (Å²) >= 11 is 3.49. The van der Waals surface area contributed by atoms with Gasteiger partial charge in [-0.05, 0) is 39.5 Å². The molecule has 7 nitrogen and oxygen atoms in total. The van der Waals surface area contributed by atoms with Crippen LogP contribution in [0.4, 0.5) is 0 Å². The monoisotopic (exact) mass is 472 g/mol. The first-order chi connectivity index (χ1) is 15.2. The molecule has 5 aromatic rings. The number of carbonyl (C=O) groups is 1. The van der Waals surface area contributed by atoms with Gasteiger partial charge in [-0.15, -0.1) is 0 Å². The normalized spacial score (nSPS) is 16.0. The van der Waals surface area contributed by atoms with Gasteiger partial charge in [0.2, 0.25) is 0 Å². The lowest BCUT2D eigenvalue weighted by atomic mass is 9.97. The molecule has 4 aromatic heterocycles. The summed E-state index contributed by atoms with van der Waals surface area (Å²) in [5, 5.41) is 6.54. The van der Waals surface area contributed by atoms with Gasteiger partial charge in [-0.2, -0.15) is 5.10 Å². The molecule has 0 radical (unpaired) electrons. The Morgan fingerprint density at radius 2 is 1.94 bits per heavy atom. The average Bonchev–Trinajstić information content (AvgIpc) is 3.45. The van der Waals surface area contributed by atoms with Crippen LogP contribution >= 0.6 is 15.9 Å². The number of pyridine rings is 2. The van der Waals surface area contributed by atoms with Crippen LogP contribution < -0.4 is 0 Å². The van der Waals surface area contributed by atoms with Crippen LogP contribution in [0.3, 0.4) is 0 Å². The highest BCUT2D eigenvalue weighted by Crippen LogP contribution is 2.35. The van der Waals surface area contributed by atoms with Crippen molar-refractivity contribution in [2.24, 2.45) is 0 Å². The van der Waals surface area contributed by atoms with Crippen LogP contribution in [0.15, 0.2) is 71.9 Å². The number of halogens is 1. The Kier molecular flexibility index (Phi) is 4.14. The predicted octanol–water partition coefficient (Wildman–Crippen LogP) is 4.16. The topological polar surface area (TPSA) is 79.2 Å². The molecule has 31 heavy (non-hydrogen) atoms. The van der Waals surface area contributed by atoms with Crippen molar-refractivity contribution in [3.63, 3.8) is 0 Å². The Morgan fingerprint density at radius 1 is 1.06 bits per heavy atom. The Bertz CT molecular complexity index is 1460. The van der Waals surface area contributed by atoms with Crippen molar-refractivity contribution in [3.8, 4) is 0 Å². The maximum Gasteiger partial charge on any atom is 0.258 e. The van der Waals surface area contributed by atoms with E-state index in [2.05, 4.69) is 43.1 Å². The number of hydrogen-bond donors (Lipinski definition) is 1. The van der Waals surface area contributed by atoms with Gasteiger partial charge in [0.15, 0.2) is 0 Å². The maximum absolute atomic E-state index is 13.8. The summed E-state index contributed by atoms with van der Waals surface area (Å²) in [6.07, 6.45) is 5.90. The largest absolute Gasteiger partial charge is 0.348 e. The molecule has 6 rings (SSSR count). The molecule has 0 spiro atoms. The summed E-state index contributed by atoms with van der Waals surface area (Å²) in [5.74, 6) is -0.0818. The third-order valence-corrected chi connectivity index (χ3v) is 6.45. The Balaban J connectivity index is 1.49. The number of nitrogens with one attached hydrogen (secondary N) is 1. The van der Waals surface area contributed by atoms with Gasteiger partial charge in [-0.3, -0.25) is 9.78 Å². The smallest absolute Gasteiger partial charge is 0.258 e. The molecule has 1 aliphatic heterocycles. The molecule has 5 heterocycles. The second-order valence-electron chi connectivity index (χ2n) is 7.58. The fraction of sp³-hybridized carbons (Fsp3) is 0.130. The van der Waals surface area contributed by atoms with E-state index in [1.807, 2.05) is 47.5 Å². The Labute approximate surface area is 185 Å². The van der Waals surface area contributed by atoms with Crippen LogP contribution in [0.5, 0.6) is 0 Å². The first-order valence-electron chi connectivity index (χ1n) is 10.0. The number of aromatic amines is 1. The Hall–Kier alpha value is -3.52. The molecular weight excluding hydrogens is 456 g/mol. The molecule has 0 saturated carbocycles. The van der Waals surface area contributed by atoms with Crippen molar-refractivity contribution in [3.05, 3.63) is 94.5 Å². The van der Waals surface area contributed by atoms with Crippen LogP contribution in [0, 0.1) is 0 Å². The molecule has 152 valence electrons. The first-order valence-corrected chi connectivity index (χ1v) is 10.8. The van der Waals surface area contributed by atoms with E-state index in [1.54, 1.807) is 17.0 Å². The quantitative estimate of drug-likeness (QED) is 0.391. The van der Waals surface area contributed by atoms with Crippen molar-refractivity contribution in [1.82, 2.24) is 29.5 Å². The number of benzene rings is 1. The zero-order valence-electron chi connectivity index (χ0n) is 16.4. The predicted molar refractivity (Wildman–Crippen MR) is 120 cm³/mol. The van der Waals surface area contributed by atoms with Gasteiger partial charge in [0, 0.05) is 30.2 Å². The third kappa shape index (κ3) is 2.86. The summed E-state index contributed by atoms with van der Waals surface area (Å²) in [6.45, 7) is 0.568. The fourth-order valence-electron chi connectivity index (χ4n) is 4.34. The number of H-pyrrole nitrogens is 1. The van der Waals surface area contributed by atoms with Gasteiger partial charge < -0.3 is 9.88 Å². The number of amides is 1. The molecule has 0 aliphatic carbocycles. The number of imidazole rings is 1. The third-order valence-electron chi connectivity index (χ3n) is 5.85. The van der Waals surface area contributed by atoms with E-state index in [4.69, 9.17) is 4.98 Å². The van der Waals surface area contributed by atoms with E-state index in [0.29, 0.717) is 18.5 Å². The molecule has 0 bridgehead atoms. The van der Waals surface area contributed by atoms with Crippen LogP contribution in [-0.4, -0.2) is 41.9 Å². The first kappa shape index (κ1) is 18.3. The van der Waals surface area contributed by atoms with Crippen molar-refractivity contribution >= 4 is 38.1 Å². The molecular formula is C23H17BrN6O. The van der Waals surface area contributed by atoms with Gasteiger partial charge in [0.1, 0.15) is 10.6 Å². The van der Waals surface area contributed by atoms with Crippen LogP contribution in [-0.2, 0) is 6.42 Å². The van der Waals surface area contributed by atoms with E-state index in [1.165, 1.54) is 0 Å². The van der Waals surface area contributed by atoms with Crippen molar-refractivity contribution in [1.29, 1.82) is 0 Å². The minimum absolute atomic E-state index is 0.0818. The van der Waals surface area contributed by atoms with Crippen LogP contribution in [0.25, 0.3) is 16.3 Å². The lowest BCUT2D eigenvalue weighted by molar-refractivity contribution is 0.0689. The molecule has 8 heteroatoms. The van der Waals surface area contributed by atoms with E-state index in [9.17, 15) is 4.79 Å². The van der Waals surface area contributed by atoms with Gasteiger partial charge in [0.25, 0.3) is 5.91 Å². The lowest BCUT2D eigenvalue weighted by Crippen LogP contribution is -2.41. The van der Waals surface area contributed by atoms with Crippen LogP contribution in [0.2, 0.25) is 0 Å². The van der Waals surface area contributed by atoms with Gasteiger partial charge in [0.05, 0.1) is 35.0 Å². The summed E-state index contributed by atoms with van der Waals surface area (Å²) in [6, 6.07) is 15.5. The molecule has 0 unspecified atom stereocenters. The summed E-state index contributed by atoms with van der Waals surface area (Å²) in [5.41, 5.74) is 4.02. The minimum atomic E-state index is -0.366. The molecule has 1 atom stereocenters. The van der Waals surface area contributed by atoms with Gasteiger partial charge >= 0.3 is 0 Å². The van der Waals surface area contributed by atoms with E-state index < -0.39 is 0 Å². The van der Waals surface area contributed by atoms with Crippen molar-refractivity contribution in [2.45, 2.75) is 12.5 Å².